The van der Waals surface area contributed by atoms with E-state index in [1.165, 1.54) is 0 Å². The smallest absolute Gasteiger partial charge is 0.468 e. The van der Waals surface area contributed by atoms with Crippen LogP contribution in [0.5, 0.6) is 0 Å². The summed E-state index contributed by atoms with van der Waals surface area (Å²) in [7, 11) is 0. The lowest BCUT2D eigenvalue weighted by atomic mass is 10.1. The molecule has 12 heavy (non-hydrogen) atoms. The van der Waals surface area contributed by atoms with Crippen molar-refractivity contribution >= 4 is 11.9 Å². The van der Waals surface area contributed by atoms with E-state index in [-0.39, 0.29) is 0 Å². The van der Waals surface area contributed by atoms with Crippen molar-refractivity contribution in [1.82, 2.24) is 0 Å². The van der Waals surface area contributed by atoms with E-state index < -0.39 is 23.8 Å². The number of hydrogen-bond acceptors (Lipinski definition) is 4. The summed E-state index contributed by atoms with van der Waals surface area (Å²) in [5.41, 5.74) is -3.31. The van der Waals surface area contributed by atoms with Crippen molar-refractivity contribution in [2.45, 2.75) is 11.8 Å². The van der Waals surface area contributed by atoms with Crippen molar-refractivity contribution in [1.29, 1.82) is 0 Å². The van der Waals surface area contributed by atoms with E-state index in [0.717, 1.165) is 0 Å². The molecular formula is C5H5NO6. The Morgan fingerprint density at radius 2 is 1.83 bits per heavy atom. The minimum Gasteiger partial charge on any atom is -0.479 e. The Hall–Kier alpha value is -1.65. The number of carbonyl (C=O) groups is 2. The van der Waals surface area contributed by atoms with Gasteiger partial charge in [-0.1, -0.05) is 0 Å². The molecule has 0 saturated carbocycles. The number of aliphatic carboxylic acids is 2. The van der Waals surface area contributed by atoms with Crippen LogP contribution in [0.3, 0.4) is 0 Å². The van der Waals surface area contributed by atoms with Gasteiger partial charge in [-0.05, 0) is 0 Å². The molecule has 7 nitrogen and oxygen atoms in total. The molecule has 2 unspecified atom stereocenters. The molecule has 0 aromatic rings. The van der Waals surface area contributed by atoms with E-state index >= 15 is 0 Å². The van der Waals surface area contributed by atoms with Gasteiger partial charge in [-0.25, -0.2) is 16.2 Å². The fraction of sp³-hybridized carbons (Fsp3) is 0.400. The third-order valence-corrected chi connectivity index (χ3v) is 1.10. The Bertz CT molecular complexity index is 255. The summed E-state index contributed by atoms with van der Waals surface area (Å²) < 4.78 is 0. The highest BCUT2D eigenvalue weighted by atomic mass is 16.5. The molecule has 0 heterocycles. The zero-order valence-corrected chi connectivity index (χ0v) is 5.63. The van der Waals surface area contributed by atoms with Crippen LogP contribution < -0.4 is 0 Å². The van der Waals surface area contributed by atoms with E-state index in [4.69, 9.17) is 27.0 Å². The van der Waals surface area contributed by atoms with Crippen molar-refractivity contribution in [2.24, 2.45) is 0 Å². The van der Waals surface area contributed by atoms with Crippen LogP contribution in [-0.4, -0.2) is 44.2 Å². The number of rotatable bonds is 3. The van der Waals surface area contributed by atoms with Gasteiger partial charge in [-0.3, -0.25) is 4.85 Å². The summed E-state index contributed by atoms with van der Waals surface area (Å²) in [6.45, 7) is 6.18. The summed E-state index contributed by atoms with van der Waals surface area (Å²) in [6.07, 6.45) is -2.66. The summed E-state index contributed by atoms with van der Waals surface area (Å²) in [5.74, 6) is -4.08. The molecule has 0 rings (SSSR count). The number of aliphatic hydroxyl groups is 2. The highest BCUT2D eigenvalue weighted by Crippen LogP contribution is 2.13. The number of carboxylic acid groups (broad SMARTS) is 2. The first-order valence-corrected chi connectivity index (χ1v) is 2.61. The second-order valence-corrected chi connectivity index (χ2v) is 1.88. The molecule has 0 aromatic heterocycles. The van der Waals surface area contributed by atoms with Crippen molar-refractivity contribution in [3.05, 3.63) is 11.4 Å². The van der Waals surface area contributed by atoms with Crippen LogP contribution >= 0.6 is 0 Å². The summed E-state index contributed by atoms with van der Waals surface area (Å²) in [4.78, 5) is 22.2. The van der Waals surface area contributed by atoms with Gasteiger partial charge in [0.15, 0.2) is 0 Å². The predicted molar refractivity (Wildman–Crippen MR) is 32.8 cm³/mol. The molecule has 0 aliphatic heterocycles. The normalized spacial score (nSPS) is 17.1. The minimum absolute atomic E-state index is 1.98. The maximum atomic E-state index is 10.1. The van der Waals surface area contributed by atoms with E-state index in [1.807, 2.05) is 0 Å². The van der Waals surface area contributed by atoms with Crippen molar-refractivity contribution in [2.75, 3.05) is 0 Å². The van der Waals surface area contributed by atoms with Gasteiger partial charge in [-0.2, -0.15) is 0 Å². The van der Waals surface area contributed by atoms with Crippen molar-refractivity contribution in [3.63, 3.8) is 0 Å². The Labute approximate surface area is 66.3 Å². The van der Waals surface area contributed by atoms with Crippen molar-refractivity contribution < 1.29 is 30.0 Å². The first kappa shape index (κ1) is 10.3. The summed E-state index contributed by atoms with van der Waals surface area (Å²) in [5, 5.41) is 33.6. The molecule has 0 bridgehead atoms. The van der Waals surface area contributed by atoms with E-state index in [2.05, 4.69) is 4.85 Å². The highest BCUT2D eigenvalue weighted by molar-refractivity contribution is 5.88. The second kappa shape index (κ2) is 3.17. The number of carboxylic acids is 2. The van der Waals surface area contributed by atoms with Crippen LogP contribution in [0.25, 0.3) is 4.85 Å². The van der Waals surface area contributed by atoms with Gasteiger partial charge in [0.05, 0.1) is 0 Å². The molecule has 2 atom stereocenters. The molecule has 0 aromatic carbocycles. The molecule has 66 valence electrons. The van der Waals surface area contributed by atoms with Crippen LogP contribution in [0.2, 0.25) is 0 Å². The number of aliphatic hydroxyl groups excluding tert-OH is 1. The first-order valence-electron chi connectivity index (χ1n) is 2.61. The van der Waals surface area contributed by atoms with Gasteiger partial charge in [0.25, 0.3) is 6.10 Å². The van der Waals surface area contributed by atoms with Crippen molar-refractivity contribution in [3.8, 4) is 0 Å². The molecule has 0 fully saturated rings. The molecule has 0 aliphatic carbocycles. The van der Waals surface area contributed by atoms with Crippen LogP contribution in [-0.2, 0) is 9.59 Å². The molecule has 0 saturated heterocycles. The van der Waals surface area contributed by atoms with E-state index in [0.29, 0.717) is 0 Å². The Morgan fingerprint density at radius 3 is 1.92 bits per heavy atom. The number of hydrogen-bond donors (Lipinski definition) is 4. The Balaban J connectivity index is 4.92. The Kier molecular flexibility index (Phi) is 2.73. The first-order chi connectivity index (χ1) is 5.36. The van der Waals surface area contributed by atoms with Gasteiger partial charge in [0.2, 0.25) is 0 Å². The topological polar surface area (TPSA) is 119 Å². The fourth-order valence-electron chi connectivity index (χ4n) is 0.398. The van der Waals surface area contributed by atoms with Gasteiger partial charge in [-0.15, -0.1) is 0 Å². The molecule has 0 radical (unpaired) electrons. The minimum atomic E-state index is -3.31. The monoisotopic (exact) mass is 175 g/mol. The SMILES string of the molecule is [C-]#[N+]C(O)(C(=O)O)C(O)C(=O)O. The summed E-state index contributed by atoms with van der Waals surface area (Å²) in [6, 6.07) is 0. The highest BCUT2D eigenvalue weighted by Gasteiger charge is 2.55. The predicted octanol–water partition coefficient (Wildman–Crippen LogP) is -1.88. The third-order valence-electron chi connectivity index (χ3n) is 1.10. The zero-order valence-electron chi connectivity index (χ0n) is 5.63. The average molecular weight is 175 g/mol. The molecule has 0 amide bonds. The quantitative estimate of drug-likeness (QED) is 0.373. The molecule has 0 spiro atoms. The second-order valence-electron chi connectivity index (χ2n) is 1.88. The van der Waals surface area contributed by atoms with E-state index in [9.17, 15) is 9.59 Å². The third kappa shape index (κ3) is 1.50. The van der Waals surface area contributed by atoms with Gasteiger partial charge in [0.1, 0.15) is 0 Å². The standard InChI is InChI=1S/C5H5NO6/c1-6-5(12,4(10)11)2(7)3(8)9/h2,7,12H,(H,8,9)(H,10,11). The van der Waals surface area contributed by atoms with Crippen LogP contribution in [0.4, 0.5) is 0 Å². The number of nitrogens with zero attached hydrogens (tertiary/aromatic N) is 1. The fourth-order valence-corrected chi connectivity index (χ4v) is 0.398. The van der Waals surface area contributed by atoms with E-state index in [1.54, 1.807) is 0 Å². The zero-order chi connectivity index (χ0) is 9.94. The lowest BCUT2D eigenvalue weighted by Crippen LogP contribution is -2.50. The summed E-state index contributed by atoms with van der Waals surface area (Å²) >= 11 is 0. The largest absolute Gasteiger partial charge is 0.479 e. The lowest BCUT2D eigenvalue weighted by molar-refractivity contribution is -0.176. The molecule has 0 aliphatic rings. The maximum absolute atomic E-state index is 10.1. The van der Waals surface area contributed by atoms with Crippen LogP contribution in [0, 0.1) is 6.57 Å². The van der Waals surface area contributed by atoms with Gasteiger partial charge in [0, 0.05) is 0 Å². The maximum Gasteiger partial charge on any atom is 0.468 e. The lowest BCUT2D eigenvalue weighted by Gasteiger charge is -2.12. The van der Waals surface area contributed by atoms with Gasteiger partial charge >= 0.3 is 17.7 Å². The average Bonchev–Trinajstić information content (AvgIpc) is 2.01. The van der Waals surface area contributed by atoms with Crippen LogP contribution in [0.15, 0.2) is 0 Å². The van der Waals surface area contributed by atoms with Crippen LogP contribution in [0.1, 0.15) is 0 Å². The molecule has 4 N–H and O–H groups in total. The van der Waals surface area contributed by atoms with Gasteiger partial charge < -0.3 is 20.4 Å². The Morgan fingerprint density at radius 1 is 1.42 bits per heavy atom. The molecular weight excluding hydrogens is 170 g/mol. The molecule has 7 heteroatoms.